The van der Waals surface area contributed by atoms with Gasteiger partial charge in [-0.2, -0.15) is 5.10 Å². The molecule has 1 saturated carbocycles. The Labute approximate surface area is 142 Å². The standard InChI is InChI=1S/C18H22ClN3O/c1-21-18(19)15(12-20-21)13-22(16-9-5-6-10-16)17(23)11-14-7-3-2-4-8-14/h2-4,7-8,12,16H,5-6,9-11,13H2,1H3. The van der Waals surface area contributed by atoms with Crippen LogP contribution in [0.15, 0.2) is 36.5 Å². The molecule has 1 fully saturated rings. The van der Waals surface area contributed by atoms with Crippen molar-refractivity contribution in [3.63, 3.8) is 0 Å². The van der Waals surface area contributed by atoms with Crippen LogP contribution in [-0.4, -0.2) is 26.6 Å². The van der Waals surface area contributed by atoms with Crippen LogP contribution in [0.2, 0.25) is 5.15 Å². The second kappa shape index (κ2) is 7.18. The molecule has 1 aromatic carbocycles. The van der Waals surface area contributed by atoms with E-state index in [1.807, 2.05) is 42.3 Å². The molecule has 5 heteroatoms. The molecule has 1 aliphatic rings. The van der Waals surface area contributed by atoms with Crippen LogP contribution in [0, 0.1) is 0 Å². The topological polar surface area (TPSA) is 38.1 Å². The highest BCUT2D eigenvalue weighted by Gasteiger charge is 2.27. The maximum atomic E-state index is 12.9. The summed E-state index contributed by atoms with van der Waals surface area (Å²) in [6, 6.07) is 10.2. The number of carbonyl (C=O) groups is 1. The predicted octanol–water partition coefficient (Wildman–Crippen LogP) is 3.59. The third-order valence-electron chi connectivity index (χ3n) is 4.56. The minimum absolute atomic E-state index is 0.169. The molecule has 0 radical (unpaired) electrons. The lowest BCUT2D eigenvalue weighted by Crippen LogP contribution is -2.39. The van der Waals surface area contributed by atoms with Gasteiger partial charge in [0.25, 0.3) is 0 Å². The van der Waals surface area contributed by atoms with Crippen molar-refractivity contribution < 1.29 is 4.79 Å². The molecule has 0 N–H and O–H groups in total. The maximum absolute atomic E-state index is 12.9. The van der Waals surface area contributed by atoms with E-state index in [9.17, 15) is 4.79 Å². The molecule has 4 nitrogen and oxygen atoms in total. The van der Waals surface area contributed by atoms with Gasteiger partial charge >= 0.3 is 0 Å². The predicted molar refractivity (Wildman–Crippen MR) is 91.2 cm³/mol. The zero-order chi connectivity index (χ0) is 16.2. The van der Waals surface area contributed by atoms with Gasteiger partial charge in [0.1, 0.15) is 5.15 Å². The van der Waals surface area contributed by atoms with Gasteiger partial charge in [-0.05, 0) is 18.4 Å². The van der Waals surface area contributed by atoms with Crippen LogP contribution in [-0.2, 0) is 24.8 Å². The van der Waals surface area contributed by atoms with Crippen molar-refractivity contribution in [3.8, 4) is 0 Å². The lowest BCUT2D eigenvalue weighted by molar-refractivity contribution is -0.133. The van der Waals surface area contributed by atoms with Crippen LogP contribution >= 0.6 is 11.6 Å². The fraction of sp³-hybridized carbons (Fsp3) is 0.444. The molecule has 23 heavy (non-hydrogen) atoms. The SMILES string of the molecule is Cn1ncc(CN(C(=O)Cc2ccccc2)C2CCCC2)c1Cl. The molecule has 0 atom stereocenters. The highest BCUT2D eigenvalue weighted by Crippen LogP contribution is 2.27. The molecule has 1 aliphatic carbocycles. The summed E-state index contributed by atoms with van der Waals surface area (Å²) in [4.78, 5) is 14.9. The molecule has 0 spiro atoms. The van der Waals surface area contributed by atoms with Crippen molar-refractivity contribution in [1.29, 1.82) is 0 Å². The molecule has 2 aromatic rings. The second-order valence-corrected chi connectivity index (χ2v) is 6.56. The Morgan fingerprint density at radius 2 is 2.00 bits per heavy atom. The number of nitrogens with zero attached hydrogens (tertiary/aromatic N) is 3. The van der Waals surface area contributed by atoms with Crippen molar-refractivity contribution in [2.75, 3.05) is 0 Å². The fourth-order valence-corrected chi connectivity index (χ4v) is 3.42. The fourth-order valence-electron chi connectivity index (χ4n) is 3.27. The number of rotatable bonds is 5. The van der Waals surface area contributed by atoms with Crippen molar-refractivity contribution in [3.05, 3.63) is 52.8 Å². The van der Waals surface area contributed by atoms with Crippen LogP contribution < -0.4 is 0 Å². The molecule has 1 amide bonds. The summed E-state index contributed by atoms with van der Waals surface area (Å²) < 4.78 is 1.64. The highest BCUT2D eigenvalue weighted by atomic mass is 35.5. The van der Waals surface area contributed by atoms with Gasteiger partial charge in [0, 0.05) is 18.7 Å². The number of halogens is 1. The van der Waals surface area contributed by atoms with Gasteiger partial charge in [-0.1, -0.05) is 54.8 Å². The van der Waals surface area contributed by atoms with Gasteiger partial charge in [-0.15, -0.1) is 0 Å². The number of aromatic nitrogens is 2. The first-order valence-electron chi connectivity index (χ1n) is 8.15. The monoisotopic (exact) mass is 331 g/mol. The van der Waals surface area contributed by atoms with E-state index >= 15 is 0 Å². The first-order valence-corrected chi connectivity index (χ1v) is 8.52. The van der Waals surface area contributed by atoms with E-state index in [1.54, 1.807) is 10.9 Å². The summed E-state index contributed by atoms with van der Waals surface area (Å²) in [5.74, 6) is 0.169. The normalized spacial score (nSPS) is 15.0. The summed E-state index contributed by atoms with van der Waals surface area (Å²) in [6.07, 6.45) is 6.76. The first-order chi connectivity index (χ1) is 11.1. The van der Waals surface area contributed by atoms with E-state index < -0.39 is 0 Å². The molecule has 0 saturated heterocycles. The molecule has 0 bridgehead atoms. The number of amides is 1. The smallest absolute Gasteiger partial charge is 0.227 e. The van der Waals surface area contributed by atoms with Crippen molar-refractivity contribution in [1.82, 2.24) is 14.7 Å². The molecule has 1 aromatic heterocycles. The van der Waals surface area contributed by atoms with Crippen molar-refractivity contribution in [2.45, 2.75) is 44.7 Å². The third-order valence-corrected chi connectivity index (χ3v) is 5.05. The zero-order valence-electron chi connectivity index (χ0n) is 13.4. The van der Waals surface area contributed by atoms with Gasteiger partial charge in [-0.25, -0.2) is 0 Å². The van der Waals surface area contributed by atoms with Crippen molar-refractivity contribution in [2.24, 2.45) is 7.05 Å². The van der Waals surface area contributed by atoms with E-state index in [2.05, 4.69) is 5.10 Å². The summed E-state index contributed by atoms with van der Waals surface area (Å²) in [5, 5.41) is 4.80. The first kappa shape index (κ1) is 16.1. The Kier molecular flexibility index (Phi) is 5.01. The summed E-state index contributed by atoms with van der Waals surface area (Å²) in [7, 11) is 1.82. The summed E-state index contributed by atoms with van der Waals surface area (Å²) >= 11 is 6.29. The Hall–Kier alpha value is -1.81. The van der Waals surface area contributed by atoms with Crippen molar-refractivity contribution >= 4 is 17.5 Å². The van der Waals surface area contributed by atoms with E-state index in [-0.39, 0.29) is 5.91 Å². The quantitative estimate of drug-likeness (QED) is 0.839. The molecule has 3 rings (SSSR count). The van der Waals surface area contributed by atoms with E-state index in [0.29, 0.717) is 24.2 Å². The van der Waals surface area contributed by atoms with Crippen LogP contribution in [0.1, 0.15) is 36.8 Å². The number of benzene rings is 1. The molecule has 0 unspecified atom stereocenters. The Balaban J connectivity index is 1.77. The highest BCUT2D eigenvalue weighted by molar-refractivity contribution is 6.30. The second-order valence-electron chi connectivity index (χ2n) is 6.21. The number of hydrogen-bond acceptors (Lipinski definition) is 2. The average molecular weight is 332 g/mol. The summed E-state index contributed by atoms with van der Waals surface area (Å²) in [6.45, 7) is 0.545. The van der Waals surface area contributed by atoms with E-state index in [1.165, 1.54) is 12.8 Å². The minimum atomic E-state index is 0.169. The van der Waals surface area contributed by atoms with E-state index in [0.717, 1.165) is 24.0 Å². The molecule has 0 aliphatic heterocycles. The molecular weight excluding hydrogens is 310 g/mol. The number of hydrogen-bond donors (Lipinski definition) is 0. The van der Waals surface area contributed by atoms with Gasteiger partial charge in [0.2, 0.25) is 5.91 Å². The van der Waals surface area contributed by atoms with Crippen LogP contribution in [0.4, 0.5) is 0 Å². The molecule has 1 heterocycles. The minimum Gasteiger partial charge on any atom is -0.335 e. The van der Waals surface area contributed by atoms with Crippen LogP contribution in [0.5, 0.6) is 0 Å². The van der Waals surface area contributed by atoms with Gasteiger partial charge in [0.05, 0.1) is 19.2 Å². The molecular formula is C18H22ClN3O. The van der Waals surface area contributed by atoms with Gasteiger partial charge < -0.3 is 4.90 Å². The average Bonchev–Trinajstić information content (AvgIpc) is 3.18. The number of aryl methyl sites for hydroxylation is 1. The molecule has 122 valence electrons. The van der Waals surface area contributed by atoms with Gasteiger partial charge in [0.15, 0.2) is 0 Å². The lowest BCUT2D eigenvalue weighted by atomic mass is 10.1. The number of carbonyl (C=O) groups excluding carboxylic acids is 1. The Morgan fingerprint density at radius 1 is 1.30 bits per heavy atom. The Bertz CT molecular complexity index is 662. The van der Waals surface area contributed by atoms with Gasteiger partial charge in [-0.3, -0.25) is 9.48 Å². The lowest BCUT2D eigenvalue weighted by Gasteiger charge is -2.29. The third kappa shape index (κ3) is 3.75. The summed E-state index contributed by atoms with van der Waals surface area (Å²) in [5.41, 5.74) is 1.97. The maximum Gasteiger partial charge on any atom is 0.227 e. The van der Waals surface area contributed by atoms with Crippen LogP contribution in [0.3, 0.4) is 0 Å². The zero-order valence-corrected chi connectivity index (χ0v) is 14.2. The Morgan fingerprint density at radius 3 is 2.61 bits per heavy atom. The van der Waals surface area contributed by atoms with Crippen LogP contribution in [0.25, 0.3) is 0 Å². The van der Waals surface area contributed by atoms with E-state index in [4.69, 9.17) is 11.6 Å². The largest absolute Gasteiger partial charge is 0.335 e.